The summed E-state index contributed by atoms with van der Waals surface area (Å²) in [5.74, 6) is 1.44. The molecule has 0 saturated heterocycles. The van der Waals surface area contributed by atoms with Gasteiger partial charge < -0.3 is 4.42 Å². The number of aryl methyl sites for hydroxylation is 1. The Kier molecular flexibility index (Phi) is 6.04. The standard InChI is InChI=1S/C19H17BrN2O2S/c1-13-4-6-15(7-5-13)18-21-22-19(24-18)25-12-2-3-17(23)14-8-10-16(20)11-9-14/h4-11H,2-3,12H2,1H3. The number of hydrogen-bond acceptors (Lipinski definition) is 5. The van der Waals surface area contributed by atoms with Gasteiger partial charge in [0.25, 0.3) is 5.22 Å². The molecular formula is C19H17BrN2O2S. The molecule has 0 N–H and O–H groups in total. The number of rotatable bonds is 7. The van der Waals surface area contributed by atoms with Crippen molar-refractivity contribution in [2.45, 2.75) is 25.0 Å². The number of ketones is 1. The number of carbonyl (C=O) groups excluding carboxylic acids is 1. The van der Waals surface area contributed by atoms with Gasteiger partial charge in [0, 0.05) is 27.8 Å². The van der Waals surface area contributed by atoms with Crippen LogP contribution in [0.5, 0.6) is 0 Å². The second-order valence-electron chi connectivity index (χ2n) is 5.62. The quantitative estimate of drug-likeness (QED) is 0.286. The number of hydrogen-bond donors (Lipinski definition) is 0. The maximum atomic E-state index is 12.1. The van der Waals surface area contributed by atoms with Gasteiger partial charge in [-0.1, -0.05) is 57.5 Å². The fourth-order valence-electron chi connectivity index (χ4n) is 2.25. The van der Waals surface area contributed by atoms with Crippen LogP contribution in [0, 0.1) is 6.92 Å². The molecule has 25 heavy (non-hydrogen) atoms. The van der Waals surface area contributed by atoms with Crippen molar-refractivity contribution in [3.05, 3.63) is 64.1 Å². The molecule has 0 atom stereocenters. The summed E-state index contributed by atoms with van der Waals surface area (Å²) >= 11 is 4.85. The fraction of sp³-hybridized carbons (Fsp3) is 0.211. The Balaban J connectivity index is 1.47. The van der Waals surface area contributed by atoms with E-state index in [0.29, 0.717) is 17.5 Å². The first-order chi connectivity index (χ1) is 12.1. The van der Waals surface area contributed by atoms with E-state index in [1.807, 2.05) is 55.5 Å². The highest BCUT2D eigenvalue weighted by molar-refractivity contribution is 9.10. The van der Waals surface area contributed by atoms with Gasteiger partial charge in [0.15, 0.2) is 5.78 Å². The molecule has 3 aromatic rings. The predicted octanol–water partition coefficient (Wildman–Crippen LogP) is 5.56. The average Bonchev–Trinajstić information content (AvgIpc) is 3.09. The Labute approximate surface area is 159 Å². The van der Waals surface area contributed by atoms with Crippen molar-refractivity contribution in [2.75, 3.05) is 5.75 Å². The van der Waals surface area contributed by atoms with Crippen molar-refractivity contribution in [1.82, 2.24) is 10.2 Å². The Morgan fingerprint density at radius 1 is 1.08 bits per heavy atom. The molecule has 1 heterocycles. The molecule has 0 bridgehead atoms. The van der Waals surface area contributed by atoms with Crippen molar-refractivity contribution in [3.8, 4) is 11.5 Å². The SMILES string of the molecule is Cc1ccc(-c2nnc(SCCCC(=O)c3ccc(Br)cc3)o2)cc1. The molecule has 0 saturated carbocycles. The van der Waals surface area contributed by atoms with Gasteiger partial charge in [-0.15, -0.1) is 10.2 Å². The summed E-state index contributed by atoms with van der Waals surface area (Å²) in [5.41, 5.74) is 2.84. The van der Waals surface area contributed by atoms with E-state index in [2.05, 4.69) is 26.1 Å². The predicted molar refractivity (Wildman–Crippen MR) is 103 cm³/mol. The topological polar surface area (TPSA) is 56.0 Å². The van der Waals surface area contributed by atoms with E-state index in [0.717, 1.165) is 27.8 Å². The molecule has 0 amide bonds. The van der Waals surface area contributed by atoms with Crippen molar-refractivity contribution in [3.63, 3.8) is 0 Å². The monoisotopic (exact) mass is 416 g/mol. The lowest BCUT2D eigenvalue weighted by molar-refractivity contribution is 0.0982. The largest absolute Gasteiger partial charge is 0.411 e. The third-order valence-corrected chi connectivity index (χ3v) is 5.08. The van der Waals surface area contributed by atoms with Crippen LogP contribution in [0.1, 0.15) is 28.8 Å². The molecule has 0 aliphatic heterocycles. The van der Waals surface area contributed by atoms with Gasteiger partial charge in [0.2, 0.25) is 5.89 Å². The lowest BCUT2D eigenvalue weighted by Crippen LogP contribution is -1.99. The molecule has 3 rings (SSSR count). The van der Waals surface area contributed by atoms with E-state index >= 15 is 0 Å². The number of nitrogens with zero attached hydrogens (tertiary/aromatic N) is 2. The Bertz CT molecular complexity index is 845. The van der Waals surface area contributed by atoms with Crippen molar-refractivity contribution < 1.29 is 9.21 Å². The van der Waals surface area contributed by atoms with Gasteiger partial charge in [-0.25, -0.2) is 0 Å². The van der Waals surface area contributed by atoms with Crippen molar-refractivity contribution >= 4 is 33.5 Å². The molecule has 2 aromatic carbocycles. The minimum atomic E-state index is 0.152. The highest BCUT2D eigenvalue weighted by Crippen LogP contribution is 2.24. The van der Waals surface area contributed by atoms with E-state index in [1.54, 1.807) is 0 Å². The van der Waals surface area contributed by atoms with Crippen LogP contribution in [0.15, 0.2) is 62.6 Å². The summed E-state index contributed by atoms with van der Waals surface area (Å²) in [4.78, 5) is 12.1. The lowest BCUT2D eigenvalue weighted by atomic mass is 10.1. The smallest absolute Gasteiger partial charge is 0.276 e. The molecule has 1 aromatic heterocycles. The van der Waals surface area contributed by atoms with Crippen LogP contribution in [0.3, 0.4) is 0 Å². The normalized spacial score (nSPS) is 10.8. The zero-order chi connectivity index (χ0) is 17.6. The van der Waals surface area contributed by atoms with Crippen molar-refractivity contribution in [1.29, 1.82) is 0 Å². The van der Waals surface area contributed by atoms with Gasteiger partial charge in [-0.3, -0.25) is 4.79 Å². The van der Waals surface area contributed by atoms with Gasteiger partial charge >= 0.3 is 0 Å². The zero-order valence-electron chi connectivity index (χ0n) is 13.7. The number of aromatic nitrogens is 2. The molecule has 128 valence electrons. The summed E-state index contributed by atoms with van der Waals surface area (Å²) in [6.45, 7) is 2.04. The number of halogens is 1. The fourth-order valence-corrected chi connectivity index (χ4v) is 3.22. The average molecular weight is 417 g/mol. The maximum absolute atomic E-state index is 12.1. The summed E-state index contributed by atoms with van der Waals surface area (Å²) < 4.78 is 6.64. The molecule has 0 radical (unpaired) electrons. The van der Waals surface area contributed by atoms with Gasteiger partial charge in [-0.2, -0.15) is 0 Å². The zero-order valence-corrected chi connectivity index (χ0v) is 16.1. The highest BCUT2D eigenvalue weighted by Gasteiger charge is 2.10. The molecule has 0 aliphatic carbocycles. The van der Waals surface area contributed by atoms with E-state index < -0.39 is 0 Å². The Morgan fingerprint density at radius 3 is 2.52 bits per heavy atom. The van der Waals surface area contributed by atoms with Crippen LogP contribution in [-0.4, -0.2) is 21.7 Å². The summed E-state index contributed by atoms with van der Waals surface area (Å²) in [5, 5.41) is 8.67. The minimum Gasteiger partial charge on any atom is -0.411 e. The molecule has 4 nitrogen and oxygen atoms in total. The molecular weight excluding hydrogens is 400 g/mol. The summed E-state index contributed by atoms with van der Waals surface area (Å²) in [7, 11) is 0. The van der Waals surface area contributed by atoms with Gasteiger partial charge in [-0.05, 0) is 37.6 Å². The second-order valence-corrected chi connectivity index (χ2v) is 7.58. The molecule has 0 unspecified atom stereocenters. The van der Waals surface area contributed by atoms with Crippen LogP contribution in [0.4, 0.5) is 0 Å². The Hall–Kier alpha value is -1.92. The number of benzene rings is 2. The Morgan fingerprint density at radius 2 is 1.80 bits per heavy atom. The molecule has 0 spiro atoms. The third kappa shape index (κ3) is 5.03. The van der Waals surface area contributed by atoms with Crippen LogP contribution in [0.25, 0.3) is 11.5 Å². The first-order valence-electron chi connectivity index (χ1n) is 7.94. The van der Waals surface area contributed by atoms with Crippen LogP contribution in [0.2, 0.25) is 0 Å². The van der Waals surface area contributed by atoms with Crippen LogP contribution in [-0.2, 0) is 0 Å². The first-order valence-corrected chi connectivity index (χ1v) is 9.72. The number of thioether (sulfide) groups is 1. The van der Waals surface area contributed by atoms with E-state index in [-0.39, 0.29) is 5.78 Å². The second kappa shape index (κ2) is 8.45. The van der Waals surface area contributed by atoms with E-state index in [4.69, 9.17) is 4.42 Å². The van der Waals surface area contributed by atoms with Gasteiger partial charge in [0.1, 0.15) is 0 Å². The molecule has 0 fully saturated rings. The number of Topliss-reactive ketones (excluding diaryl/α,β-unsaturated/α-hetero) is 1. The summed E-state index contributed by atoms with van der Waals surface area (Å²) in [6.07, 6.45) is 1.27. The third-order valence-electron chi connectivity index (χ3n) is 3.64. The summed E-state index contributed by atoms with van der Waals surface area (Å²) in [6, 6.07) is 15.4. The maximum Gasteiger partial charge on any atom is 0.276 e. The van der Waals surface area contributed by atoms with Crippen molar-refractivity contribution in [2.24, 2.45) is 0 Å². The molecule has 6 heteroatoms. The first kappa shape index (κ1) is 17.9. The highest BCUT2D eigenvalue weighted by atomic mass is 79.9. The van der Waals surface area contributed by atoms with Crippen LogP contribution < -0.4 is 0 Å². The van der Waals surface area contributed by atoms with E-state index in [1.165, 1.54) is 17.3 Å². The van der Waals surface area contributed by atoms with Crippen LogP contribution >= 0.6 is 27.7 Å². The molecule has 0 aliphatic rings. The number of carbonyl (C=O) groups is 1. The van der Waals surface area contributed by atoms with E-state index in [9.17, 15) is 4.79 Å². The van der Waals surface area contributed by atoms with Gasteiger partial charge in [0.05, 0.1) is 0 Å². The minimum absolute atomic E-state index is 0.152. The lowest BCUT2D eigenvalue weighted by Gasteiger charge is -2.00.